The molecule has 0 saturated carbocycles. The number of fused-ring (bicyclic) bond motifs is 1. The molecule has 0 unspecified atom stereocenters. The first-order valence-electron chi connectivity index (χ1n) is 8.43. The molecule has 3 rings (SSSR count). The van der Waals surface area contributed by atoms with Crippen molar-refractivity contribution in [3.05, 3.63) is 63.5 Å². The molecule has 0 radical (unpaired) electrons. The SMILES string of the molecule is CC(C)(C)OC(=O)/C=C/c1cccc2c1CN(c1ccc(=O)[nH]c1O)C2=O. The molecular formula is C20H20N2O5. The molecule has 2 aromatic rings. The number of amides is 1. The van der Waals surface area contributed by atoms with Gasteiger partial charge in [0.2, 0.25) is 5.88 Å². The summed E-state index contributed by atoms with van der Waals surface area (Å²) in [5.41, 5.74) is 1.09. The van der Waals surface area contributed by atoms with Crippen molar-refractivity contribution in [2.75, 3.05) is 4.90 Å². The van der Waals surface area contributed by atoms with Crippen LogP contribution in [0.1, 0.15) is 42.3 Å². The molecule has 0 atom stereocenters. The molecule has 7 heteroatoms. The van der Waals surface area contributed by atoms with E-state index in [1.165, 1.54) is 23.1 Å². The van der Waals surface area contributed by atoms with Gasteiger partial charge in [0, 0.05) is 17.7 Å². The van der Waals surface area contributed by atoms with Gasteiger partial charge in [-0.25, -0.2) is 4.79 Å². The highest BCUT2D eigenvalue weighted by Crippen LogP contribution is 2.34. The van der Waals surface area contributed by atoms with Crippen molar-refractivity contribution >= 4 is 23.6 Å². The number of carbonyl (C=O) groups is 2. The van der Waals surface area contributed by atoms with Crippen LogP contribution in [-0.2, 0) is 16.1 Å². The molecule has 0 fully saturated rings. The number of nitrogens with zero attached hydrogens (tertiary/aromatic N) is 1. The third-order valence-corrected chi connectivity index (χ3v) is 3.98. The highest BCUT2D eigenvalue weighted by molar-refractivity contribution is 6.11. The Morgan fingerprint density at radius 2 is 1.96 bits per heavy atom. The average molecular weight is 368 g/mol. The fraction of sp³-hybridized carbons (Fsp3) is 0.250. The van der Waals surface area contributed by atoms with Crippen LogP contribution in [0.4, 0.5) is 5.69 Å². The van der Waals surface area contributed by atoms with Gasteiger partial charge in [0.1, 0.15) is 11.3 Å². The Balaban J connectivity index is 1.90. The van der Waals surface area contributed by atoms with E-state index in [4.69, 9.17) is 4.74 Å². The number of nitrogens with one attached hydrogen (secondary N) is 1. The van der Waals surface area contributed by atoms with Crippen LogP contribution < -0.4 is 10.5 Å². The molecule has 2 heterocycles. The van der Waals surface area contributed by atoms with Gasteiger partial charge in [-0.15, -0.1) is 0 Å². The van der Waals surface area contributed by atoms with Gasteiger partial charge in [0.05, 0.1) is 6.54 Å². The van der Waals surface area contributed by atoms with E-state index < -0.39 is 17.1 Å². The highest BCUT2D eigenvalue weighted by Gasteiger charge is 2.31. The third kappa shape index (κ3) is 3.92. The minimum Gasteiger partial charge on any atom is -0.493 e. The first-order valence-corrected chi connectivity index (χ1v) is 8.43. The topological polar surface area (TPSA) is 99.7 Å². The highest BCUT2D eigenvalue weighted by atomic mass is 16.6. The molecule has 0 spiro atoms. The Morgan fingerprint density at radius 1 is 1.22 bits per heavy atom. The molecule has 0 saturated heterocycles. The van der Waals surface area contributed by atoms with Crippen molar-refractivity contribution in [3.63, 3.8) is 0 Å². The molecule has 1 aromatic carbocycles. The summed E-state index contributed by atoms with van der Waals surface area (Å²) in [6.07, 6.45) is 2.93. The lowest BCUT2D eigenvalue weighted by molar-refractivity contribution is -0.148. The average Bonchev–Trinajstić information content (AvgIpc) is 2.89. The number of aromatic amines is 1. The number of hydrogen-bond acceptors (Lipinski definition) is 5. The number of ether oxygens (including phenoxy) is 1. The van der Waals surface area contributed by atoms with Crippen LogP contribution in [0.15, 0.2) is 41.2 Å². The van der Waals surface area contributed by atoms with E-state index in [-0.39, 0.29) is 24.0 Å². The summed E-state index contributed by atoms with van der Waals surface area (Å²) in [4.78, 5) is 39.6. The van der Waals surface area contributed by atoms with Crippen molar-refractivity contribution in [1.82, 2.24) is 4.98 Å². The fourth-order valence-electron chi connectivity index (χ4n) is 2.87. The van der Waals surface area contributed by atoms with Crippen LogP contribution in [0.25, 0.3) is 6.08 Å². The second-order valence-electron chi connectivity index (χ2n) is 7.19. The molecule has 0 bridgehead atoms. The number of benzene rings is 1. The zero-order valence-electron chi connectivity index (χ0n) is 15.3. The summed E-state index contributed by atoms with van der Waals surface area (Å²) in [7, 11) is 0. The van der Waals surface area contributed by atoms with Gasteiger partial charge < -0.3 is 9.84 Å². The molecule has 1 amide bonds. The molecule has 140 valence electrons. The van der Waals surface area contributed by atoms with E-state index in [2.05, 4.69) is 4.98 Å². The van der Waals surface area contributed by atoms with E-state index >= 15 is 0 Å². The maximum atomic E-state index is 12.7. The number of rotatable bonds is 3. The van der Waals surface area contributed by atoms with Crippen LogP contribution in [-0.4, -0.2) is 27.6 Å². The number of anilines is 1. The van der Waals surface area contributed by atoms with Gasteiger partial charge >= 0.3 is 5.97 Å². The maximum Gasteiger partial charge on any atom is 0.331 e. The van der Waals surface area contributed by atoms with E-state index in [0.717, 1.165) is 5.56 Å². The third-order valence-electron chi connectivity index (χ3n) is 3.98. The van der Waals surface area contributed by atoms with Crippen molar-refractivity contribution in [2.45, 2.75) is 32.9 Å². The summed E-state index contributed by atoms with van der Waals surface area (Å²) in [5, 5.41) is 9.98. The predicted octanol–water partition coefficient (Wildman–Crippen LogP) is 2.60. The first kappa shape index (κ1) is 18.4. The van der Waals surface area contributed by atoms with Crippen molar-refractivity contribution < 1.29 is 19.4 Å². The number of aromatic nitrogens is 1. The molecule has 1 aromatic heterocycles. The molecule has 7 nitrogen and oxygen atoms in total. The predicted molar refractivity (Wildman–Crippen MR) is 101 cm³/mol. The fourth-order valence-corrected chi connectivity index (χ4v) is 2.87. The van der Waals surface area contributed by atoms with Crippen molar-refractivity contribution in [1.29, 1.82) is 0 Å². The minimum absolute atomic E-state index is 0.211. The van der Waals surface area contributed by atoms with Crippen LogP contribution in [0.5, 0.6) is 5.88 Å². The van der Waals surface area contributed by atoms with E-state index in [9.17, 15) is 19.5 Å². The number of esters is 1. The van der Waals surface area contributed by atoms with Crippen LogP contribution in [0.3, 0.4) is 0 Å². The quantitative estimate of drug-likeness (QED) is 0.641. The maximum absolute atomic E-state index is 12.7. The lowest BCUT2D eigenvalue weighted by Gasteiger charge is -2.18. The first-order chi connectivity index (χ1) is 12.7. The van der Waals surface area contributed by atoms with Gasteiger partial charge in [0.15, 0.2) is 0 Å². The van der Waals surface area contributed by atoms with Crippen LogP contribution in [0, 0.1) is 0 Å². The zero-order valence-corrected chi connectivity index (χ0v) is 15.3. The number of hydrogen-bond donors (Lipinski definition) is 2. The summed E-state index contributed by atoms with van der Waals surface area (Å²) in [6.45, 7) is 5.56. The largest absolute Gasteiger partial charge is 0.493 e. The van der Waals surface area contributed by atoms with Crippen LogP contribution >= 0.6 is 0 Å². The Kier molecular flexibility index (Phi) is 4.61. The molecule has 0 aliphatic carbocycles. The van der Waals surface area contributed by atoms with Crippen LogP contribution in [0.2, 0.25) is 0 Å². The van der Waals surface area contributed by atoms with Gasteiger partial charge in [-0.2, -0.15) is 0 Å². The summed E-state index contributed by atoms with van der Waals surface area (Å²) in [5.74, 6) is -1.13. The second-order valence-corrected chi connectivity index (χ2v) is 7.19. The Hall–Kier alpha value is -3.35. The molecular weight excluding hydrogens is 348 g/mol. The number of pyridine rings is 1. The monoisotopic (exact) mass is 368 g/mol. The Labute approximate surface area is 155 Å². The smallest absolute Gasteiger partial charge is 0.331 e. The second kappa shape index (κ2) is 6.75. The van der Waals surface area contributed by atoms with E-state index in [1.807, 2.05) is 0 Å². The lowest BCUT2D eigenvalue weighted by atomic mass is 10.0. The van der Waals surface area contributed by atoms with Crippen molar-refractivity contribution in [3.8, 4) is 5.88 Å². The zero-order chi connectivity index (χ0) is 19.8. The van der Waals surface area contributed by atoms with Crippen molar-refractivity contribution in [2.24, 2.45) is 0 Å². The lowest BCUT2D eigenvalue weighted by Crippen LogP contribution is -2.24. The molecule has 27 heavy (non-hydrogen) atoms. The molecule has 1 aliphatic rings. The normalized spacial score (nSPS) is 13.9. The van der Waals surface area contributed by atoms with Gasteiger partial charge in [-0.3, -0.25) is 19.5 Å². The van der Waals surface area contributed by atoms with Gasteiger partial charge in [-0.05, 0) is 50.1 Å². The number of H-pyrrole nitrogens is 1. The molecule has 1 aliphatic heterocycles. The molecule has 2 N–H and O–H groups in total. The number of aromatic hydroxyl groups is 1. The number of carbonyl (C=O) groups excluding carboxylic acids is 2. The van der Waals surface area contributed by atoms with Gasteiger partial charge in [0.25, 0.3) is 11.5 Å². The van der Waals surface area contributed by atoms with E-state index in [1.54, 1.807) is 45.0 Å². The van der Waals surface area contributed by atoms with Gasteiger partial charge in [-0.1, -0.05) is 12.1 Å². The standard InChI is InChI=1S/C20H20N2O5/c1-20(2,3)27-17(24)10-7-12-5-4-6-13-14(12)11-22(19(13)26)15-8-9-16(23)21-18(15)25/h4-10H,11H2,1-3H3,(H2,21,23,25)/b10-7+. The summed E-state index contributed by atoms with van der Waals surface area (Å²) < 4.78 is 5.25. The summed E-state index contributed by atoms with van der Waals surface area (Å²) >= 11 is 0. The van der Waals surface area contributed by atoms with E-state index in [0.29, 0.717) is 11.1 Å². The summed E-state index contributed by atoms with van der Waals surface area (Å²) in [6, 6.07) is 7.85. The Bertz CT molecular complexity index is 998. The minimum atomic E-state index is -0.589. The Morgan fingerprint density at radius 3 is 2.63 bits per heavy atom.